The van der Waals surface area contributed by atoms with E-state index >= 15 is 0 Å². The molecule has 5 heteroatoms. The number of aldehydes is 1. The fourth-order valence-corrected chi connectivity index (χ4v) is 4.29. The van der Waals surface area contributed by atoms with Gasteiger partial charge in [-0.3, -0.25) is 9.63 Å². The van der Waals surface area contributed by atoms with Crippen LogP contribution in [0.25, 0.3) is 20.9 Å². The predicted octanol–water partition coefficient (Wildman–Crippen LogP) is 6.60. The highest BCUT2D eigenvalue weighted by Crippen LogP contribution is 2.37. The summed E-state index contributed by atoms with van der Waals surface area (Å²) in [6.45, 7) is 0. The van der Waals surface area contributed by atoms with Gasteiger partial charge in [0.15, 0.2) is 0 Å². The Bertz CT molecular complexity index is 1130. The Morgan fingerprint density at radius 1 is 0.767 bits per heavy atom. The minimum atomic E-state index is 0.684. The summed E-state index contributed by atoms with van der Waals surface area (Å²) in [6.07, 6.45) is 0.861. The number of para-hydroxylation sites is 2. The number of benzene rings is 3. The van der Waals surface area contributed by atoms with Crippen molar-refractivity contribution < 1.29 is 14.4 Å². The Balaban J connectivity index is 1.59. The van der Waals surface area contributed by atoms with Gasteiger partial charge in [-0.15, -0.1) is 11.3 Å². The van der Waals surface area contributed by atoms with Crippen LogP contribution in [0.15, 0.2) is 84.9 Å². The zero-order chi connectivity index (χ0) is 20.9. The highest BCUT2D eigenvalue weighted by molar-refractivity contribution is 7.18. The number of ether oxygens (including phenoxy) is 1. The van der Waals surface area contributed by atoms with E-state index in [4.69, 9.17) is 9.57 Å². The maximum atomic E-state index is 10.9. The number of hydrogen-bond donors (Lipinski definition) is 0. The van der Waals surface area contributed by atoms with Gasteiger partial charge in [0.2, 0.25) is 0 Å². The first-order valence-electron chi connectivity index (χ1n) is 9.46. The molecule has 1 heterocycles. The van der Waals surface area contributed by atoms with Crippen LogP contribution in [-0.4, -0.2) is 20.5 Å². The van der Waals surface area contributed by atoms with Gasteiger partial charge in [-0.05, 0) is 47.5 Å². The maximum absolute atomic E-state index is 10.9. The molecule has 0 unspecified atom stereocenters. The van der Waals surface area contributed by atoms with Crippen molar-refractivity contribution in [1.29, 1.82) is 0 Å². The fraction of sp³-hybridized carbons (Fsp3) is 0.0800. The van der Waals surface area contributed by atoms with E-state index in [0.29, 0.717) is 5.56 Å². The van der Waals surface area contributed by atoms with Crippen molar-refractivity contribution in [3.8, 4) is 26.6 Å². The van der Waals surface area contributed by atoms with E-state index in [0.717, 1.165) is 34.5 Å². The average molecular weight is 416 g/mol. The van der Waals surface area contributed by atoms with Gasteiger partial charge in [0, 0.05) is 15.3 Å². The fourth-order valence-electron chi connectivity index (χ4n) is 3.28. The van der Waals surface area contributed by atoms with Crippen LogP contribution in [0.4, 0.5) is 11.4 Å². The molecule has 0 amide bonds. The number of carbonyl (C=O) groups excluding carboxylic acids is 1. The highest BCUT2D eigenvalue weighted by Gasteiger charge is 2.14. The van der Waals surface area contributed by atoms with Crippen molar-refractivity contribution in [2.24, 2.45) is 0 Å². The lowest BCUT2D eigenvalue weighted by molar-refractivity contribution is 0.112. The van der Waals surface area contributed by atoms with E-state index < -0.39 is 0 Å². The molecule has 4 aromatic rings. The lowest BCUT2D eigenvalue weighted by Crippen LogP contribution is -2.15. The molecule has 0 radical (unpaired) electrons. The highest BCUT2D eigenvalue weighted by atomic mass is 32.1. The molecule has 0 saturated heterocycles. The van der Waals surface area contributed by atoms with Crippen LogP contribution in [-0.2, 0) is 4.84 Å². The normalized spacial score (nSPS) is 10.6. The lowest BCUT2D eigenvalue weighted by Gasteiger charge is -2.23. The maximum Gasteiger partial charge on any atom is 0.150 e. The van der Waals surface area contributed by atoms with Gasteiger partial charge in [0.25, 0.3) is 0 Å². The monoisotopic (exact) mass is 415 g/mol. The van der Waals surface area contributed by atoms with Crippen molar-refractivity contribution in [2.45, 2.75) is 0 Å². The van der Waals surface area contributed by atoms with E-state index in [1.165, 1.54) is 9.75 Å². The molecule has 0 aliphatic heterocycles. The van der Waals surface area contributed by atoms with Crippen LogP contribution in [0.1, 0.15) is 10.4 Å². The van der Waals surface area contributed by atoms with Gasteiger partial charge in [-0.25, -0.2) is 5.06 Å². The van der Waals surface area contributed by atoms with E-state index in [1.807, 2.05) is 60.7 Å². The molecule has 150 valence electrons. The minimum Gasteiger partial charge on any atom is -0.494 e. The summed E-state index contributed by atoms with van der Waals surface area (Å²) in [6, 6.07) is 27.9. The van der Waals surface area contributed by atoms with Crippen LogP contribution in [0, 0.1) is 0 Å². The molecule has 0 spiro atoms. The number of methoxy groups -OCH3 is 1. The van der Waals surface area contributed by atoms with Crippen LogP contribution >= 0.6 is 11.3 Å². The van der Waals surface area contributed by atoms with E-state index in [2.05, 4.69) is 24.3 Å². The first kappa shape index (κ1) is 19.9. The molecule has 0 fully saturated rings. The van der Waals surface area contributed by atoms with Crippen LogP contribution in [0.2, 0.25) is 0 Å². The second-order valence-corrected chi connectivity index (χ2v) is 7.68. The summed E-state index contributed by atoms with van der Waals surface area (Å²) >= 11 is 1.72. The molecule has 0 aliphatic carbocycles. The second kappa shape index (κ2) is 8.95. The summed E-state index contributed by atoms with van der Waals surface area (Å²) in [4.78, 5) is 18.8. The average Bonchev–Trinajstić information content (AvgIpc) is 3.31. The van der Waals surface area contributed by atoms with E-state index in [1.54, 1.807) is 30.6 Å². The van der Waals surface area contributed by atoms with Gasteiger partial charge in [0.05, 0.1) is 19.9 Å². The van der Waals surface area contributed by atoms with Crippen LogP contribution in [0.3, 0.4) is 0 Å². The molecule has 0 aliphatic rings. The number of thiophene rings is 1. The standard InChI is InChI=1S/C25H21NO3S/c1-28-23-6-4-3-5-22(23)26(29-2)21-13-11-20(12-14-21)25-16-15-24(30-25)19-9-7-18(17-27)8-10-19/h3-17H,1-2H3. The summed E-state index contributed by atoms with van der Waals surface area (Å²) in [5.74, 6) is 0.743. The van der Waals surface area contributed by atoms with Crippen molar-refractivity contribution >= 4 is 29.0 Å². The molecular weight excluding hydrogens is 394 g/mol. The number of nitrogens with zero attached hydrogens (tertiary/aromatic N) is 1. The number of carbonyl (C=O) groups is 1. The predicted molar refractivity (Wildman–Crippen MR) is 123 cm³/mol. The first-order chi connectivity index (χ1) is 14.7. The molecule has 4 nitrogen and oxygen atoms in total. The Kier molecular flexibility index (Phi) is 5.93. The zero-order valence-electron chi connectivity index (χ0n) is 16.7. The van der Waals surface area contributed by atoms with Gasteiger partial charge in [-0.2, -0.15) is 0 Å². The SMILES string of the molecule is COc1ccccc1N(OC)c1ccc(-c2ccc(-c3ccc(C=O)cc3)s2)cc1. The molecule has 0 bridgehead atoms. The Morgan fingerprint density at radius 2 is 1.37 bits per heavy atom. The van der Waals surface area contributed by atoms with Crippen molar-refractivity contribution in [2.75, 3.05) is 19.3 Å². The number of hydrogen-bond acceptors (Lipinski definition) is 5. The quantitative estimate of drug-likeness (QED) is 0.252. The van der Waals surface area contributed by atoms with Crippen LogP contribution < -0.4 is 9.80 Å². The van der Waals surface area contributed by atoms with Gasteiger partial charge in [0.1, 0.15) is 17.7 Å². The molecule has 4 rings (SSSR count). The molecule has 0 saturated carbocycles. The smallest absolute Gasteiger partial charge is 0.150 e. The van der Waals surface area contributed by atoms with Crippen molar-refractivity contribution in [1.82, 2.24) is 0 Å². The second-order valence-electron chi connectivity index (χ2n) is 6.60. The topological polar surface area (TPSA) is 38.8 Å². The summed E-state index contributed by atoms with van der Waals surface area (Å²) in [5.41, 5.74) is 4.68. The molecule has 0 N–H and O–H groups in total. The minimum absolute atomic E-state index is 0.684. The molecule has 30 heavy (non-hydrogen) atoms. The third-order valence-electron chi connectivity index (χ3n) is 4.81. The first-order valence-corrected chi connectivity index (χ1v) is 10.3. The molecule has 3 aromatic carbocycles. The Labute approximate surface area is 179 Å². The molecule has 1 aromatic heterocycles. The van der Waals surface area contributed by atoms with E-state index in [9.17, 15) is 4.79 Å². The zero-order valence-corrected chi connectivity index (χ0v) is 17.6. The lowest BCUT2D eigenvalue weighted by atomic mass is 10.1. The van der Waals surface area contributed by atoms with Crippen LogP contribution in [0.5, 0.6) is 5.75 Å². The van der Waals surface area contributed by atoms with E-state index in [-0.39, 0.29) is 0 Å². The Hall–Kier alpha value is -3.41. The summed E-state index contributed by atoms with van der Waals surface area (Å²) in [7, 11) is 3.29. The summed E-state index contributed by atoms with van der Waals surface area (Å²) < 4.78 is 5.46. The Morgan fingerprint density at radius 3 is 1.93 bits per heavy atom. The summed E-state index contributed by atoms with van der Waals surface area (Å²) in [5, 5.41) is 1.75. The largest absolute Gasteiger partial charge is 0.494 e. The van der Waals surface area contributed by atoms with Gasteiger partial charge in [-0.1, -0.05) is 48.5 Å². The van der Waals surface area contributed by atoms with Crippen molar-refractivity contribution in [3.05, 3.63) is 90.5 Å². The third-order valence-corrected chi connectivity index (χ3v) is 5.99. The van der Waals surface area contributed by atoms with Gasteiger partial charge < -0.3 is 4.74 Å². The van der Waals surface area contributed by atoms with Gasteiger partial charge >= 0.3 is 0 Å². The number of rotatable bonds is 7. The van der Waals surface area contributed by atoms with Crippen molar-refractivity contribution in [3.63, 3.8) is 0 Å². The molecular formula is C25H21NO3S. The third kappa shape index (κ3) is 3.99. The molecule has 0 atom stereocenters. The number of anilines is 2.